The molecular weight excluding hydrogens is 236 g/mol. The summed E-state index contributed by atoms with van der Waals surface area (Å²) in [5, 5.41) is 0.400. The molecule has 0 heterocycles. The predicted octanol–water partition coefficient (Wildman–Crippen LogP) is 3.83. The molecule has 2 nitrogen and oxygen atoms in total. The van der Waals surface area contributed by atoms with Crippen molar-refractivity contribution in [2.45, 2.75) is 0 Å². The number of benzene rings is 2. The van der Waals surface area contributed by atoms with Crippen LogP contribution in [0.5, 0.6) is 5.75 Å². The molecule has 86 valence electrons. The van der Waals surface area contributed by atoms with E-state index in [-0.39, 0.29) is 0 Å². The van der Waals surface area contributed by atoms with Crippen LogP contribution in [0.15, 0.2) is 42.5 Å². The molecule has 0 amide bonds. The largest absolute Gasteiger partial charge is 0.495 e. The van der Waals surface area contributed by atoms with E-state index in [9.17, 15) is 4.79 Å². The van der Waals surface area contributed by atoms with Crippen molar-refractivity contribution in [3.63, 3.8) is 0 Å². The first kappa shape index (κ1) is 11.7. The van der Waals surface area contributed by atoms with Crippen molar-refractivity contribution in [3.8, 4) is 16.9 Å². The number of ether oxygens (including phenoxy) is 1. The normalized spacial score (nSPS) is 10.0. The molecule has 0 N–H and O–H groups in total. The Hall–Kier alpha value is -1.80. The fourth-order valence-electron chi connectivity index (χ4n) is 1.75. The van der Waals surface area contributed by atoms with Gasteiger partial charge in [0.05, 0.1) is 17.7 Å². The molecule has 0 saturated heterocycles. The molecule has 0 atom stereocenters. The smallest absolute Gasteiger partial charge is 0.155 e. The van der Waals surface area contributed by atoms with Crippen molar-refractivity contribution in [3.05, 3.63) is 53.1 Å². The molecule has 17 heavy (non-hydrogen) atoms. The van der Waals surface area contributed by atoms with Crippen LogP contribution in [0.25, 0.3) is 11.1 Å². The molecule has 0 spiro atoms. The average molecular weight is 247 g/mol. The number of aldehydes is 1. The van der Waals surface area contributed by atoms with Crippen molar-refractivity contribution >= 4 is 17.9 Å². The van der Waals surface area contributed by atoms with Gasteiger partial charge in [0.15, 0.2) is 6.29 Å². The highest BCUT2D eigenvalue weighted by atomic mass is 35.5. The van der Waals surface area contributed by atoms with Crippen LogP contribution in [0.3, 0.4) is 0 Å². The third-order valence-electron chi connectivity index (χ3n) is 2.55. The van der Waals surface area contributed by atoms with Gasteiger partial charge in [0.1, 0.15) is 5.75 Å². The Morgan fingerprint density at radius 1 is 1.12 bits per heavy atom. The summed E-state index contributed by atoms with van der Waals surface area (Å²) < 4.78 is 5.29. The van der Waals surface area contributed by atoms with Gasteiger partial charge in [-0.05, 0) is 17.7 Å². The molecule has 0 bridgehead atoms. The summed E-state index contributed by atoms with van der Waals surface area (Å²) in [6.45, 7) is 0. The van der Waals surface area contributed by atoms with Gasteiger partial charge < -0.3 is 4.74 Å². The Morgan fingerprint density at radius 2 is 1.82 bits per heavy atom. The van der Waals surface area contributed by atoms with E-state index in [0.29, 0.717) is 22.6 Å². The highest BCUT2D eigenvalue weighted by Crippen LogP contribution is 2.35. The van der Waals surface area contributed by atoms with E-state index in [2.05, 4.69) is 0 Å². The Labute approximate surface area is 105 Å². The van der Waals surface area contributed by atoms with Gasteiger partial charge in [-0.15, -0.1) is 0 Å². The fourth-order valence-corrected chi connectivity index (χ4v) is 1.94. The number of hydrogen-bond acceptors (Lipinski definition) is 2. The summed E-state index contributed by atoms with van der Waals surface area (Å²) in [6.07, 6.45) is 0.716. The van der Waals surface area contributed by atoms with Crippen LogP contribution in [0.2, 0.25) is 5.02 Å². The van der Waals surface area contributed by atoms with Gasteiger partial charge in [0.2, 0.25) is 0 Å². The van der Waals surface area contributed by atoms with Gasteiger partial charge >= 0.3 is 0 Å². The van der Waals surface area contributed by atoms with Gasteiger partial charge in [0, 0.05) is 5.56 Å². The van der Waals surface area contributed by atoms with E-state index in [4.69, 9.17) is 16.3 Å². The zero-order valence-electron chi connectivity index (χ0n) is 9.31. The van der Waals surface area contributed by atoms with Crippen molar-refractivity contribution in [1.29, 1.82) is 0 Å². The van der Waals surface area contributed by atoms with Crippen LogP contribution >= 0.6 is 11.6 Å². The van der Waals surface area contributed by atoms with Gasteiger partial charge in [-0.25, -0.2) is 0 Å². The molecule has 2 aromatic rings. The van der Waals surface area contributed by atoms with Gasteiger partial charge in [-0.2, -0.15) is 0 Å². The Balaban J connectivity index is 2.67. The third-order valence-corrected chi connectivity index (χ3v) is 2.88. The second-order valence-electron chi connectivity index (χ2n) is 3.53. The van der Waals surface area contributed by atoms with E-state index < -0.39 is 0 Å². The van der Waals surface area contributed by atoms with Crippen LogP contribution in [0, 0.1) is 0 Å². The van der Waals surface area contributed by atoms with Crippen molar-refractivity contribution in [2.75, 3.05) is 7.11 Å². The minimum absolute atomic E-state index is 0.385. The Kier molecular flexibility index (Phi) is 3.45. The van der Waals surface area contributed by atoms with Crippen molar-refractivity contribution in [1.82, 2.24) is 0 Å². The Bertz CT molecular complexity index is 535. The molecule has 0 radical (unpaired) electrons. The average Bonchev–Trinajstić information content (AvgIpc) is 2.39. The molecule has 2 rings (SSSR count). The lowest BCUT2D eigenvalue weighted by molar-refractivity contribution is 0.112. The first-order valence-corrected chi connectivity index (χ1v) is 5.53. The second kappa shape index (κ2) is 5.02. The molecule has 3 heteroatoms. The maximum absolute atomic E-state index is 11.0. The predicted molar refractivity (Wildman–Crippen MR) is 68.8 cm³/mol. The molecule has 0 aliphatic heterocycles. The summed E-state index contributed by atoms with van der Waals surface area (Å²) >= 11 is 5.96. The third kappa shape index (κ3) is 2.17. The first-order valence-electron chi connectivity index (χ1n) is 5.15. The van der Waals surface area contributed by atoms with Crippen LogP contribution in [-0.2, 0) is 0 Å². The summed E-state index contributed by atoms with van der Waals surface area (Å²) in [6, 6.07) is 13.3. The van der Waals surface area contributed by atoms with E-state index in [1.54, 1.807) is 6.07 Å². The fraction of sp³-hybridized carbons (Fsp3) is 0.0714. The number of halogens is 1. The standard InChI is InChI=1S/C14H11ClO2/c1-17-14-11(10-5-3-2-4-6-10)7-8-13(15)12(14)9-16/h2-9H,1H3. The molecule has 0 aromatic heterocycles. The second-order valence-corrected chi connectivity index (χ2v) is 3.93. The van der Waals surface area contributed by atoms with Crippen molar-refractivity contribution in [2.24, 2.45) is 0 Å². The maximum atomic E-state index is 11.0. The van der Waals surface area contributed by atoms with Crippen LogP contribution < -0.4 is 4.74 Å². The highest BCUT2D eigenvalue weighted by Gasteiger charge is 2.13. The van der Waals surface area contributed by atoms with E-state index in [1.807, 2.05) is 36.4 Å². The Morgan fingerprint density at radius 3 is 2.41 bits per heavy atom. The van der Waals surface area contributed by atoms with E-state index in [0.717, 1.165) is 11.1 Å². The molecular formula is C14H11ClO2. The molecule has 0 aliphatic rings. The molecule has 2 aromatic carbocycles. The topological polar surface area (TPSA) is 26.3 Å². The van der Waals surface area contributed by atoms with Crippen LogP contribution in [0.1, 0.15) is 10.4 Å². The lowest BCUT2D eigenvalue weighted by Gasteiger charge is -2.11. The first-order chi connectivity index (χ1) is 8.27. The minimum Gasteiger partial charge on any atom is -0.495 e. The minimum atomic E-state index is 0.385. The zero-order chi connectivity index (χ0) is 12.3. The molecule has 0 saturated carbocycles. The molecule has 0 fully saturated rings. The number of rotatable bonds is 3. The summed E-state index contributed by atoms with van der Waals surface area (Å²) in [4.78, 5) is 11.0. The number of methoxy groups -OCH3 is 1. The number of carbonyl (C=O) groups is 1. The van der Waals surface area contributed by atoms with E-state index >= 15 is 0 Å². The lowest BCUT2D eigenvalue weighted by atomic mass is 10.0. The summed E-state index contributed by atoms with van der Waals surface area (Å²) in [7, 11) is 1.53. The van der Waals surface area contributed by atoms with Gasteiger partial charge in [-0.1, -0.05) is 41.9 Å². The zero-order valence-corrected chi connectivity index (χ0v) is 10.1. The number of carbonyl (C=O) groups excluding carboxylic acids is 1. The van der Waals surface area contributed by atoms with E-state index in [1.165, 1.54) is 7.11 Å². The summed E-state index contributed by atoms with van der Waals surface area (Å²) in [5.41, 5.74) is 2.24. The van der Waals surface area contributed by atoms with Crippen LogP contribution in [0.4, 0.5) is 0 Å². The highest BCUT2D eigenvalue weighted by molar-refractivity contribution is 6.33. The number of hydrogen-bond donors (Lipinski definition) is 0. The van der Waals surface area contributed by atoms with Crippen LogP contribution in [-0.4, -0.2) is 13.4 Å². The quantitative estimate of drug-likeness (QED) is 0.770. The maximum Gasteiger partial charge on any atom is 0.155 e. The van der Waals surface area contributed by atoms with Gasteiger partial charge in [-0.3, -0.25) is 4.79 Å². The molecule has 0 aliphatic carbocycles. The SMILES string of the molecule is COc1c(-c2ccccc2)ccc(Cl)c1C=O. The monoisotopic (exact) mass is 246 g/mol. The summed E-state index contributed by atoms with van der Waals surface area (Å²) in [5.74, 6) is 0.513. The lowest BCUT2D eigenvalue weighted by Crippen LogP contribution is -1.94. The van der Waals surface area contributed by atoms with Crippen molar-refractivity contribution < 1.29 is 9.53 Å². The van der Waals surface area contributed by atoms with Gasteiger partial charge in [0.25, 0.3) is 0 Å². The molecule has 0 unspecified atom stereocenters.